The van der Waals surface area contributed by atoms with Crippen LogP contribution >= 0.6 is 22.9 Å². The molecule has 0 atom stereocenters. The summed E-state index contributed by atoms with van der Waals surface area (Å²) in [6, 6.07) is 9.02. The molecule has 0 unspecified atom stereocenters. The third-order valence-corrected chi connectivity index (χ3v) is 5.54. The van der Waals surface area contributed by atoms with Crippen molar-refractivity contribution in [1.82, 2.24) is 0 Å². The van der Waals surface area contributed by atoms with Crippen LogP contribution in [-0.2, 0) is 11.0 Å². The number of hydrogen-bond acceptors (Lipinski definition) is 4. The van der Waals surface area contributed by atoms with Crippen molar-refractivity contribution >= 4 is 63.3 Å². The monoisotopic (exact) mass is 478 g/mol. The minimum atomic E-state index is -4.65. The molecule has 0 saturated carbocycles. The molecular weight excluding hydrogens is 465 g/mol. The van der Waals surface area contributed by atoms with E-state index in [1.54, 1.807) is 29.6 Å². The Balaban J connectivity index is 1.51. The van der Waals surface area contributed by atoms with Crippen molar-refractivity contribution in [3.8, 4) is 0 Å². The van der Waals surface area contributed by atoms with Gasteiger partial charge >= 0.3 is 12.2 Å². The zero-order valence-electron chi connectivity index (χ0n) is 16.1. The van der Waals surface area contributed by atoms with Gasteiger partial charge in [-0.1, -0.05) is 23.7 Å². The van der Waals surface area contributed by atoms with E-state index in [1.165, 1.54) is 17.4 Å². The van der Waals surface area contributed by atoms with Crippen molar-refractivity contribution in [2.24, 2.45) is 4.99 Å². The Morgan fingerprint density at radius 2 is 1.84 bits per heavy atom. The second-order valence-corrected chi connectivity index (χ2v) is 7.96. The molecule has 0 radical (unpaired) electrons. The molecule has 0 aliphatic carbocycles. The van der Waals surface area contributed by atoms with Crippen LogP contribution in [0.15, 0.2) is 58.2 Å². The fourth-order valence-corrected chi connectivity index (χ4v) is 3.98. The maximum absolute atomic E-state index is 13.0. The average molecular weight is 479 g/mol. The molecule has 1 aliphatic heterocycles. The number of thiophene rings is 1. The molecule has 3 amide bonds. The summed E-state index contributed by atoms with van der Waals surface area (Å²) in [7, 11) is 0. The molecule has 1 aromatic heterocycles. The van der Waals surface area contributed by atoms with E-state index < -0.39 is 22.8 Å². The minimum Gasteiger partial charge on any atom is -0.323 e. The lowest BCUT2D eigenvalue weighted by atomic mass is 10.1. The summed E-state index contributed by atoms with van der Waals surface area (Å²) in [6.07, 6.45) is -4.59. The first-order chi connectivity index (χ1) is 15.2. The third-order valence-electron chi connectivity index (χ3n) is 4.48. The molecule has 164 valence electrons. The molecule has 6 nitrogen and oxygen atoms in total. The molecule has 0 fully saturated rings. The number of carbonyl (C=O) groups is 2. The first-order valence-corrected chi connectivity index (χ1v) is 10.5. The van der Waals surface area contributed by atoms with Crippen molar-refractivity contribution in [2.75, 3.05) is 16.0 Å². The van der Waals surface area contributed by atoms with Gasteiger partial charge in [0.25, 0.3) is 0 Å². The lowest BCUT2D eigenvalue weighted by molar-refractivity contribution is -0.137. The second-order valence-electron chi connectivity index (χ2n) is 6.81. The van der Waals surface area contributed by atoms with Crippen LogP contribution in [0.3, 0.4) is 0 Å². The predicted molar refractivity (Wildman–Crippen MR) is 119 cm³/mol. The average Bonchev–Trinajstić information content (AvgIpc) is 3.07. The van der Waals surface area contributed by atoms with Gasteiger partial charge in [0.15, 0.2) is 0 Å². The smallest absolute Gasteiger partial charge is 0.323 e. The summed E-state index contributed by atoms with van der Waals surface area (Å²) in [6.45, 7) is 0. The minimum absolute atomic E-state index is 0.0555. The van der Waals surface area contributed by atoms with Gasteiger partial charge in [-0.25, -0.2) is 9.79 Å². The summed E-state index contributed by atoms with van der Waals surface area (Å²) in [4.78, 5) is 29.0. The van der Waals surface area contributed by atoms with Crippen LogP contribution in [0.1, 0.15) is 17.5 Å². The molecular formula is C21H14ClF3N4O2S. The van der Waals surface area contributed by atoms with Gasteiger partial charge in [0.05, 0.1) is 34.1 Å². The number of carbonyl (C=O) groups excluding carboxylic acids is 2. The molecule has 0 spiro atoms. The number of amides is 3. The summed E-state index contributed by atoms with van der Waals surface area (Å²) in [5.41, 5.74) is 1.71. The van der Waals surface area contributed by atoms with Crippen LogP contribution in [0.4, 0.5) is 40.7 Å². The zero-order chi connectivity index (χ0) is 22.9. The lowest BCUT2D eigenvalue weighted by Gasteiger charge is -2.13. The van der Waals surface area contributed by atoms with Gasteiger partial charge in [-0.2, -0.15) is 13.2 Å². The highest BCUT2D eigenvalue weighted by Gasteiger charge is 2.33. The number of benzene rings is 2. The predicted octanol–water partition coefficient (Wildman–Crippen LogP) is 6.53. The number of urea groups is 1. The molecule has 0 saturated heterocycles. The molecule has 0 bridgehead atoms. The van der Waals surface area contributed by atoms with E-state index in [0.717, 1.165) is 12.1 Å². The lowest BCUT2D eigenvalue weighted by Crippen LogP contribution is -2.20. The van der Waals surface area contributed by atoms with Gasteiger partial charge in [-0.3, -0.25) is 4.79 Å². The van der Waals surface area contributed by atoms with Gasteiger partial charge in [0, 0.05) is 22.1 Å². The van der Waals surface area contributed by atoms with Crippen molar-refractivity contribution in [1.29, 1.82) is 0 Å². The van der Waals surface area contributed by atoms with E-state index in [2.05, 4.69) is 20.9 Å². The molecule has 2 aromatic carbocycles. The summed E-state index contributed by atoms with van der Waals surface area (Å²) >= 11 is 7.01. The van der Waals surface area contributed by atoms with Crippen LogP contribution < -0.4 is 16.0 Å². The highest BCUT2D eigenvalue weighted by molar-refractivity contribution is 7.09. The SMILES string of the molecule is O=C1CC(c2cccc(NC(=O)Nc3ccc(Cl)c(C(F)(F)F)c3)c2)=Nc2cscc2N1. The summed E-state index contributed by atoms with van der Waals surface area (Å²) < 4.78 is 39.0. The van der Waals surface area contributed by atoms with E-state index in [9.17, 15) is 22.8 Å². The Morgan fingerprint density at radius 3 is 2.59 bits per heavy atom. The number of alkyl halides is 3. The zero-order valence-corrected chi connectivity index (χ0v) is 17.7. The van der Waals surface area contributed by atoms with Crippen molar-refractivity contribution in [3.05, 3.63) is 69.4 Å². The Kier molecular flexibility index (Phi) is 5.90. The number of anilines is 3. The van der Waals surface area contributed by atoms with Crippen molar-refractivity contribution < 1.29 is 22.8 Å². The number of fused-ring (bicyclic) bond motifs is 1. The first kappa shape index (κ1) is 21.8. The largest absolute Gasteiger partial charge is 0.417 e. The maximum Gasteiger partial charge on any atom is 0.417 e. The second kappa shape index (κ2) is 8.64. The molecule has 2 heterocycles. The van der Waals surface area contributed by atoms with E-state index in [4.69, 9.17) is 11.6 Å². The highest BCUT2D eigenvalue weighted by atomic mass is 35.5. The quantitative estimate of drug-likeness (QED) is 0.400. The number of nitrogens with zero attached hydrogens (tertiary/aromatic N) is 1. The van der Waals surface area contributed by atoms with E-state index in [0.29, 0.717) is 28.3 Å². The standard InChI is InChI=1S/C21H14ClF3N4O2S/c22-15-5-4-13(7-14(15)21(23,24)25)27-20(31)26-12-3-1-2-11(6-12)16-8-19(30)29-18-10-32-9-17(18)28-16/h1-7,9-10H,8H2,(H,29,30)(H2,26,27,31). The first-order valence-electron chi connectivity index (χ1n) is 9.18. The number of aliphatic imine (C=N–C) groups is 1. The molecule has 11 heteroatoms. The third kappa shape index (κ3) is 4.92. The van der Waals surface area contributed by atoms with E-state index in [-0.39, 0.29) is 18.0 Å². The van der Waals surface area contributed by atoms with Crippen LogP contribution in [0.5, 0.6) is 0 Å². The van der Waals surface area contributed by atoms with Crippen LogP contribution in [0.2, 0.25) is 5.02 Å². The topological polar surface area (TPSA) is 82.6 Å². The molecule has 3 N–H and O–H groups in total. The van der Waals surface area contributed by atoms with Crippen molar-refractivity contribution in [3.63, 3.8) is 0 Å². The Morgan fingerprint density at radius 1 is 1.09 bits per heavy atom. The number of nitrogens with one attached hydrogen (secondary N) is 3. The number of rotatable bonds is 3. The van der Waals surface area contributed by atoms with E-state index in [1.807, 2.05) is 5.38 Å². The van der Waals surface area contributed by atoms with Crippen LogP contribution in [-0.4, -0.2) is 17.6 Å². The molecule has 32 heavy (non-hydrogen) atoms. The van der Waals surface area contributed by atoms with Gasteiger partial charge in [-0.15, -0.1) is 11.3 Å². The Bertz CT molecular complexity index is 1240. The van der Waals surface area contributed by atoms with Crippen LogP contribution in [0.25, 0.3) is 0 Å². The Hall–Kier alpha value is -3.37. The van der Waals surface area contributed by atoms with E-state index >= 15 is 0 Å². The van der Waals surface area contributed by atoms with Gasteiger partial charge in [0.2, 0.25) is 5.91 Å². The highest BCUT2D eigenvalue weighted by Crippen LogP contribution is 2.36. The number of hydrogen-bond donors (Lipinski definition) is 3. The molecule has 1 aliphatic rings. The Labute approximate surface area is 189 Å². The fourth-order valence-electron chi connectivity index (χ4n) is 3.06. The van der Waals surface area contributed by atoms with Crippen molar-refractivity contribution in [2.45, 2.75) is 12.6 Å². The number of halogens is 4. The summed E-state index contributed by atoms with van der Waals surface area (Å²) in [5.74, 6) is -0.208. The maximum atomic E-state index is 13.0. The van der Waals surface area contributed by atoms with Gasteiger partial charge < -0.3 is 16.0 Å². The van der Waals surface area contributed by atoms with Crippen LogP contribution in [0, 0.1) is 0 Å². The van der Waals surface area contributed by atoms with Gasteiger partial charge in [0.1, 0.15) is 0 Å². The normalized spacial score (nSPS) is 13.5. The molecule has 4 rings (SSSR count). The molecule has 3 aromatic rings. The summed E-state index contributed by atoms with van der Waals surface area (Å²) in [5, 5.41) is 10.9. The van der Waals surface area contributed by atoms with Gasteiger partial charge in [-0.05, 0) is 35.9 Å². The fraction of sp³-hybridized carbons (Fsp3) is 0.0952.